The van der Waals surface area contributed by atoms with Crippen molar-refractivity contribution in [3.05, 3.63) is 41.5 Å². The molecule has 2 aromatic rings. The summed E-state index contributed by atoms with van der Waals surface area (Å²) >= 11 is 0. The van der Waals surface area contributed by atoms with Crippen molar-refractivity contribution >= 4 is 34.2 Å². The van der Waals surface area contributed by atoms with Gasteiger partial charge in [0.15, 0.2) is 5.78 Å². The SMILES string of the molecule is CCOC(=O)[C@@H](C)CCCNC(=O)CCC(=O)c1cc2cc(CCC(C)=O)ccc2cc1OC. The molecule has 0 spiro atoms. The summed E-state index contributed by atoms with van der Waals surface area (Å²) in [5, 5.41) is 4.64. The number of nitrogens with one attached hydrogen (secondary N) is 1. The summed E-state index contributed by atoms with van der Waals surface area (Å²) in [7, 11) is 1.52. The molecule has 1 atom stereocenters. The molecule has 0 aliphatic rings. The van der Waals surface area contributed by atoms with Crippen molar-refractivity contribution in [1.82, 2.24) is 5.32 Å². The van der Waals surface area contributed by atoms with E-state index < -0.39 is 0 Å². The molecule has 1 N–H and O–H groups in total. The first kappa shape index (κ1) is 27.0. The van der Waals surface area contributed by atoms with E-state index in [1.54, 1.807) is 19.9 Å². The normalized spacial score (nSPS) is 11.6. The third kappa shape index (κ3) is 8.28. The Morgan fingerprint density at radius 2 is 1.76 bits per heavy atom. The summed E-state index contributed by atoms with van der Waals surface area (Å²) in [4.78, 5) is 48.0. The van der Waals surface area contributed by atoms with Gasteiger partial charge in [0, 0.05) is 25.8 Å². The average Bonchev–Trinajstić information content (AvgIpc) is 2.82. The molecular formula is C27H35NO6. The molecule has 0 saturated carbocycles. The van der Waals surface area contributed by atoms with E-state index in [0.29, 0.717) is 50.1 Å². The van der Waals surface area contributed by atoms with Crippen LogP contribution in [0.4, 0.5) is 0 Å². The van der Waals surface area contributed by atoms with Gasteiger partial charge in [-0.05, 0) is 61.6 Å². The quantitative estimate of drug-likeness (QED) is 0.250. The number of ketones is 2. The molecule has 7 nitrogen and oxygen atoms in total. The average molecular weight is 470 g/mol. The highest BCUT2D eigenvalue weighted by Crippen LogP contribution is 2.28. The number of esters is 1. The van der Waals surface area contributed by atoms with Crippen molar-refractivity contribution in [2.45, 2.75) is 59.3 Å². The molecule has 184 valence electrons. The van der Waals surface area contributed by atoms with Crippen molar-refractivity contribution in [3.63, 3.8) is 0 Å². The van der Waals surface area contributed by atoms with Gasteiger partial charge < -0.3 is 19.6 Å². The van der Waals surface area contributed by atoms with Crippen molar-refractivity contribution in [1.29, 1.82) is 0 Å². The molecule has 0 fully saturated rings. The molecule has 0 saturated heterocycles. The largest absolute Gasteiger partial charge is 0.496 e. The Kier molecular flexibility index (Phi) is 10.7. The van der Waals surface area contributed by atoms with Crippen LogP contribution in [0.5, 0.6) is 5.75 Å². The number of benzene rings is 2. The van der Waals surface area contributed by atoms with Crippen molar-refractivity contribution in [3.8, 4) is 5.75 Å². The van der Waals surface area contributed by atoms with E-state index in [9.17, 15) is 19.2 Å². The van der Waals surface area contributed by atoms with Crippen LogP contribution in [0.25, 0.3) is 10.8 Å². The number of aryl methyl sites for hydroxylation is 1. The number of fused-ring (bicyclic) bond motifs is 1. The van der Waals surface area contributed by atoms with Crippen molar-refractivity contribution in [2.75, 3.05) is 20.3 Å². The van der Waals surface area contributed by atoms with Gasteiger partial charge in [0.2, 0.25) is 5.91 Å². The Morgan fingerprint density at radius 3 is 2.44 bits per heavy atom. The number of ether oxygens (including phenoxy) is 2. The molecule has 0 radical (unpaired) electrons. The molecule has 0 unspecified atom stereocenters. The van der Waals surface area contributed by atoms with Crippen LogP contribution in [-0.2, 0) is 25.5 Å². The Bertz CT molecular complexity index is 1030. The number of carbonyl (C=O) groups is 4. The fourth-order valence-electron chi connectivity index (χ4n) is 3.68. The van der Waals surface area contributed by atoms with Crippen LogP contribution in [0, 0.1) is 5.92 Å². The van der Waals surface area contributed by atoms with E-state index in [1.165, 1.54) is 7.11 Å². The van der Waals surface area contributed by atoms with Gasteiger partial charge in [0.25, 0.3) is 0 Å². The number of amides is 1. The highest BCUT2D eigenvalue weighted by Gasteiger charge is 2.16. The van der Waals surface area contributed by atoms with Gasteiger partial charge in [-0.3, -0.25) is 14.4 Å². The van der Waals surface area contributed by atoms with Crippen LogP contribution >= 0.6 is 0 Å². The van der Waals surface area contributed by atoms with E-state index in [-0.39, 0.29) is 42.2 Å². The van der Waals surface area contributed by atoms with Crippen LogP contribution in [0.1, 0.15) is 68.8 Å². The summed E-state index contributed by atoms with van der Waals surface area (Å²) in [6.07, 6.45) is 2.55. The van der Waals surface area contributed by atoms with Gasteiger partial charge in [-0.25, -0.2) is 0 Å². The van der Waals surface area contributed by atoms with Crippen LogP contribution in [0.15, 0.2) is 30.3 Å². The van der Waals surface area contributed by atoms with Crippen molar-refractivity contribution < 1.29 is 28.7 Å². The van der Waals surface area contributed by atoms with Crippen LogP contribution in [0.3, 0.4) is 0 Å². The lowest BCUT2D eigenvalue weighted by molar-refractivity contribution is -0.147. The Balaban J connectivity index is 1.93. The topological polar surface area (TPSA) is 98.8 Å². The molecule has 0 aliphatic heterocycles. The fraction of sp³-hybridized carbons (Fsp3) is 0.481. The second-order valence-electron chi connectivity index (χ2n) is 8.50. The first-order valence-electron chi connectivity index (χ1n) is 11.8. The number of carbonyl (C=O) groups excluding carboxylic acids is 4. The predicted molar refractivity (Wildman–Crippen MR) is 131 cm³/mol. The predicted octanol–water partition coefficient (Wildman–Crippen LogP) is 4.43. The lowest BCUT2D eigenvalue weighted by Crippen LogP contribution is -2.26. The summed E-state index contributed by atoms with van der Waals surface area (Å²) in [5.41, 5.74) is 1.47. The van der Waals surface area contributed by atoms with Gasteiger partial charge in [-0.2, -0.15) is 0 Å². The zero-order chi connectivity index (χ0) is 25.1. The summed E-state index contributed by atoms with van der Waals surface area (Å²) in [6, 6.07) is 9.53. The lowest BCUT2D eigenvalue weighted by Gasteiger charge is -2.12. The third-order valence-electron chi connectivity index (χ3n) is 5.69. The Morgan fingerprint density at radius 1 is 1.00 bits per heavy atom. The third-order valence-corrected chi connectivity index (χ3v) is 5.69. The van der Waals surface area contributed by atoms with Gasteiger partial charge >= 0.3 is 5.97 Å². The van der Waals surface area contributed by atoms with Gasteiger partial charge in [-0.1, -0.05) is 25.1 Å². The maximum Gasteiger partial charge on any atom is 0.308 e. The van der Waals surface area contributed by atoms with Crippen LogP contribution in [-0.4, -0.2) is 43.7 Å². The molecule has 34 heavy (non-hydrogen) atoms. The molecule has 0 bridgehead atoms. The molecule has 0 aromatic heterocycles. The number of methoxy groups -OCH3 is 1. The highest BCUT2D eigenvalue weighted by molar-refractivity contribution is 6.04. The molecule has 2 rings (SSSR count). The van der Waals surface area contributed by atoms with Gasteiger partial charge in [0.1, 0.15) is 11.5 Å². The van der Waals surface area contributed by atoms with E-state index in [0.717, 1.165) is 16.3 Å². The van der Waals surface area contributed by atoms with E-state index in [4.69, 9.17) is 9.47 Å². The lowest BCUT2D eigenvalue weighted by atomic mass is 9.98. The van der Waals surface area contributed by atoms with Crippen molar-refractivity contribution in [2.24, 2.45) is 5.92 Å². The summed E-state index contributed by atoms with van der Waals surface area (Å²) < 4.78 is 10.4. The maximum atomic E-state index is 12.9. The molecule has 2 aromatic carbocycles. The van der Waals surface area contributed by atoms with Gasteiger partial charge in [-0.15, -0.1) is 0 Å². The van der Waals surface area contributed by atoms with Crippen LogP contribution in [0.2, 0.25) is 0 Å². The zero-order valence-electron chi connectivity index (χ0n) is 20.6. The summed E-state index contributed by atoms with van der Waals surface area (Å²) in [6.45, 7) is 5.95. The first-order valence-corrected chi connectivity index (χ1v) is 11.8. The number of hydrogen-bond donors (Lipinski definition) is 1. The molecule has 0 aliphatic carbocycles. The Labute approximate surface area is 201 Å². The molecular weight excluding hydrogens is 434 g/mol. The smallest absolute Gasteiger partial charge is 0.308 e. The standard InChI is InChI=1S/C27H35NO6/c1-5-34-27(32)18(2)7-6-14-28-26(31)13-12-24(30)23-16-22-15-20(9-8-19(3)29)10-11-21(22)17-25(23)33-4/h10-11,15-18H,5-9,12-14H2,1-4H3,(H,28,31)/t18-/m0/s1. The number of Topliss-reactive ketones (excluding diaryl/α,β-unsaturated/α-hetero) is 2. The second-order valence-corrected chi connectivity index (χ2v) is 8.50. The summed E-state index contributed by atoms with van der Waals surface area (Å²) in [5.74, 6) is -0.196. The van der Waals surface area contributed by atoms with E-state index in [1.807, 2.05) is 31.2 Å². The number of hydrogen-bond acceptors (Lipinski definition) is 6. The minimum atomic E-state index is -0.227. The fourth-order valence-corrected chi connectivity index (χ4v) is 3.68. The van der Waals surface area contributed by atoms with Crippen LogP contribution < -0.4 is 10.1 Å². The first-order chi connectivity index (χ1) is 16.2. The maximum absolute atomic E-state index is 12.9. The second kappa shape index (κ2) is 13.5. The minimum absolute atomic E-state index is 0.0664. The zero-order valence-corrected chi connectivity index (χ0v) is 20.6. The minimum Gasteiger partial charge on any atom is -0.496 e. The monoisotopic (exact) mass is 469 g/mol. The van der Waals surface area contributed by atoms with E-state index >= 15 is 0 Å². The molecule has 1 amide bonds. The Hall–Kier alpha value is -3.22. The molecule has 7 heteroatoms. The van der Waals surface area contributed by atoms with E-state index in [2.05, 4.69) is 5.32 Å². The molecule has 0 heterocycles. The van der Waals surface area contributed by atoms with Gasteiger partial charge in [0.05, 0.1) is 25.2 Å². The number of rotatable bonds is 14. The highest BCUT2D eigenvalue weighted by atomic mass is 16.5.